The van der Waals surface area contributed by atoms with E-state index < -0.39 is 0 Å². The van der Waals surface area contributed by atoms with Gasteiger partial charge in [-0.3, -0.25) is 4.90 Å². The van der Waals surface area contributed by atoms with E-state index >= 15 is 0 Å². The van der Waals surface area contributed by atoms with E-state index in [0.29, 0.717) is 5.82 Å². The second kappa shape index (κ2) is 11.4. The molecule has 0 fully saturated rings. The monoisotopic (exact) mass is 664 g/mol. The Hall–Kier alpha value is -6.78. The van der Waals surface area contributed by atoms with Gasteiger partial charge in [-0.05, 0) is 115 Å². The van der Waals surface area contributed by atoms with Crippen LogP contribution in [0.4, 0.5) is 5.69 Å². The van der Waals surface area contributed by atoms with Crippen LogP contribution in [0.2, 0.25) is 0 Å². The second-order valence-electron chi connectivity index (χ2n) is 13.8. The molecule has 244 valence electrons. The van der Waals surface area contributed by atoms with Crippen LogP contribution < -0.4 is 4.90 Å². The number of hydrogen-bond acceptors (Lipinski definition) is 4. The molecule has 0 radical (unpaired) electrons. The van der Waals surface area contributed by atoms with Gasteiger partial charge in [0.2, 0.25) is 0 Å². The minimum absolute atomic E-state index is 0.694. The van der Waals surface area contributed by atoms with Crippen LogP contribution in [0.15, 0.2) is 176 Å². The molecule has 0 spiro atoms. The standard InChI is InChI=1S/C48H32N4/c1-2-16-36(17-3-1)52-43-21-10-11-26-51(43)46(47(52)48-49-24-12-25-50-48)45-39-20-9-8-19-38(39)44(34-23-22-31-13-4-5-14-32(31)27-34)41-29-35-28-33-15-6-7-18-37(33)40(35)30-42(41)45/h1-25,27,29-30H,26,28H2. The first-order valence-electron chi connectivity index (χ1n) is 17.9. The van der Waals surface area contributed by atoms with Gasteiger partial charge in [-0.15, -0.1) is 0 Å². The lowest BCUT2D eigenvalue weighted by atomic mass is 9.84. The number of nitrogens with zero attached hydrogens (tertiary/aromatic N) is 4. The third-order valence-corrected chi connectivity index (χ3v) is 10.9. The van der Waals surface area contributed by atoms with E-state index in [1.807, 2.05) is 18.5 Å². The lowest BCUT2D eigenvalue weighted by molar-refractivity contribution is 0.547. The molecule has 1 aliphatic carbocycles. The molecule has 11 rings (SSSR count). The van der Waals surface area contributed by atoms with Crippen LogP contribution in [0.1, 0.15) is 22.5 Å². The Morgan fingerprint density at radius 2 is 1.25 bits per heavy atom. The lowest BCUT2D eigenvalue weighted by Gasteiger charge is -2.29. The molecule has 0 saturated heterocycles. The summed E-state index contributed by atoms with van der Waals surface area (Å²) >= 11 is 0. The molecule has 0 atom stereocenters. The lowest BCUT2D eigenvalue weighted by Crippen LogP contribution is -2.27. The minimum atomic E-state index is 0.694. The number of hydrogen-bond donors (Lipinski definition) is 0. The molecule has 3 aliphatic rings. The van der Waals surface area contributed by atoms with E-state index in [2.05, 4.69) is 161 Å². The summed E-state index contributed by atoms with van der Waals surface area (Å²) in [5.41, 5.74) is 12.2. The smallest absolute Gasteiger partial charge is 0.178 e. The van der Waals surface area contributed by atoms with Gasteiger partial charge in [-0.25, -0.2) is 9.97 Å². The van der Waals surface area contributed by atoms with Crippen LogP contribution in [-0.4, -0.2) is 21.4 Å². The summed E-state index contributed by atoms with van der Waals surface area (Å²) in [6.07, 6.45) is 11.2. The molecular formula is C48H32N4. The van der Waals surface area contributed by atoms with Crippen molar-refractivity contribution in [2.45, 2.75) is 6.42 Å². The first kappa shape index (κ1) is 29.0. The molecule has 8 aromatic rings. The zero-order valence-electron chi connectivity index (χ0n) is 28.4. The van der Waals surface area contributed by atoms with Gasteiger partial charge in [0.15, 0.2) is 5.82 Å². The van der Waals surface area contributed by atoms with Crippen molar-refractivity contribution in [2.24, 2.45) is 0 Å². The molecule has 0 amide bonds. The van der Waals surface area contributed by atoms with Crippen LogP contribution in [0, 0.1) is 0 Å². The third-order valence-electron chi connectivity index (χ3n) is 10.9. The van der Waals surface area contributed by atoms with E-state index in [4.69, 9.17) is 9.97 Å². The van der Waals surface area contributed by atoms with Crippen molar-refractivity contribution in [1.82, 2.24) is 14.9 Å². The Morgan fingerprint density at radius 3 is 2.12 bits per heavy atom. The van der Waals surface area contributed by atoms with E-state index in [1.54, 1.807) is 0 Å². The summed E-state index contributed by atoms with van der Waals surface area (Å²) in [6.45, 7) is 0.733. The summed E-state index contributed by atoms with van der Waals surface area (Å²) in [4.78, 5) is 14.7. The highest BCUT2D eigenvalue weighted by molar-refractivity contribution is 6.22. The number of anilines is 1. The van der Waals surface area contributed by atoms with Crippen LogP contribution in [0.5, 0.6) is 0 Å². The molecule has 1 aromatic heterocycles. The van der Waals surface area contributed by atoms with Gasteiger partial charge in [0.25, 0.3) is 0 Å². The van der Waals surface area contributed by atoms with Crippen molar-refractivity contribution < 1.29 is 0 Å². The van der Waals surface area contributed by atoms with Gasteiger partial charge in [0, 0.05) is 30.2 Å². The minimum Gasteiger partial charge on any atom is -0.321 e. The molecule has 0 N–H and O–H groups in total. The predicted molar refractivity (Wildman–Crippen MR) is 214 cm³/mol. The quantitative estimate of drug-likeness (QED) is 0.175. The van der Waals surface area contributed by atoms with Crippen LogP contribution in [-0.2, 0) is 6.42 Å². The topological polar surface area (TPSA) is 32.3 Å². The maximum Gasteiger partial charge on any atom is 0.178 e. The van der Waals surface area contributed by atoms with Crippen molar-refractivity contribution in [3.63, 3.8) is 0 Å². The zero-order chi connectivity index (χ0) is 34.2. The largest absolute Gasteiger partial charge is 0.321 e. The summed E-state index contributed by atoms with van der Waals surface area (Å²) in [6, 6.07) is 50.9. The summed E-state index contributed by atoms with van der Waals surface area (Å²) in [5.74, 6) is 1.78. The van der Waals surface area contributed by atoms with Crippen molar-refractivity contribution in [1.29, 1.82) is 0 Å². The Labute approximate surface area is 301 Å². The van der Waals surface area contributed by atoms with Crippen molar-refractivity contribution >= 4 is 49.4 Å². The fourth-order valence-corrected chi connectivity index (χ4v) is 8.69. The average molecular weight is 665 g/mol. The first-order chi connectivity index (χ1) is 25.8. The fourth-order valence-electron chi connectivity index (χ4n) is 8.69. The molecule has 3 heterocycles. The van der Waals surface area contributed by atoms with Crippen LogP contribution in [0.25, 0.3) is 66.0 Å². The molecule has 0 unspecified atom stereocenters. The number of para-hydroxylation sites is 1. The van der Waals surface area contributed by atoms with Crippen LogP contribution in [0.3, 0.4) is 0 Å². The Bertz CT molecular complexity index is 2850. The third kappa shape index (κ3) is 4.28. The Kier molecular flexibility index (Phi) is 6.34. The maximum absolute atomic E-state index is 4.93. The molecule has 52 heavy (non-hydrogen) atoms. The molecule has 7 aromatic carbocycles. The van der Waals surface area contributed by atoms with Gasteiger partial charge in [-0.1, -0.05) is 115 Å². The van der Waals surface area contributed by atoms with Crippen molar-refractivity contribution in [2.75, 3.05) is 11.4 Å². The SMILES string of the molecule is C1=CCN2C(=C1)N(c1ccccc1)C(c1ncccn1)=C2c1c2ccccc2c(-c2ccc3ccccc3c2)c2cc3c(cc12)-c1ccccc1C3. The number of benzene rings is 7. The van der Waals surface area contributed by atoms with E-state index in [1.165, 1.54) is 71.3 Å². The van der Waals surface area contributed by atoms with Crippen LogP contribution >= 0.6 is 0 Å². The fraction of sp³-hybridized carbons (Fsp3) is 0.0417. The molecule has 4 heteroatoms. The Balaban J connectivity index is 1.32. The molecule has 0 bridgehead atoms. The van der Waals surface area contributed by atoms with Crippen molar-refractivity contribution in [3.8, 4) is 22.3 Å². The molecular weight excluding hydrogens is 633 g/mol. The van der Waals surface area contributed by atoms with Gasteiger partial charge in [0.05, 0.1) is 5.70 Å². The number of fused-ring (bicyclic) bond motifs is 7. The molecule has 2 aliphatic heterocycles. The maximum atomic E-state index is 4.93. The average Bonchev–Trinajstić information content (AvgIpc) is 3.75. The summed E-state index contributed by atoms with van der Waals surface area (Å²) in [7, 11) is 0. The van der Waals surface area contributed by atoms with Gasteiger partial charge in [-0.2, -0.15) is 0 Å². The van der Waals surface area contributed by atoms with E-state index in [0.717, 1.165) is 35.9 Å². The second-order valence-corrected chi connectivity index (χ2v) is 13.8. The summed E-state index contributed by atoms with van der Waals surface area (Å²) < 4.78 is 0. The number of aromatic nitrogens is 2. The number of allylic oxidation sites excluding steroid dienone is 2. The summed E-state index contributed by atoms with van der Waals surface area (Å²) in [5, 5.41) is 7.40. The van der Waals surface area contributed by atoms with Crippen molar-refractivity contribution in [3.05, 3.63) is 198 Å². The van der Waals surface area contributed by atoms with E-state index in [9.17, 15) is 0 Å². The highest BCUT2D eigenvalue weighted by atomic mass is 15.4. The first-order valence-corrected chi connectivity index (χ1v) is 17.9. The number of rotatable bonds is 4. The van der Waals surface area contributed by atoms with Gasteiger partial charge in [0.1, 0.15) is 11.5 Å². The van der Waals surface area contributed by atoms with Gasteiger partial charge >= 0.3 is 0 Å². The highest BCUT2D eigenvalue weighted by Crippen LogP contribution is 2.52. The van der Waals surface area contributed by atoms with Gasteiger partial charge < -0.3 is 4.90 Å². The van der Waals surface area contributed by atoms with E-state index in [-0.39, 0.29) is 0 Å². The molecule has 0 saturated carbocycles. The zero-order valence-corrected chi connectivity index (χ0v) is 28.4. The normalized spacial score (nSPS) is 14.7. The molecule has 4 nitrogen and oxygen atoms in total. The predicted octanol–water partition coefficient (Wildman–Crippen LogP) is 11.2. The highest BCUT2D eigenvalue weighted by Gasteiger charge is 2.40. The Morgan fingerprint density at radius 1 is 0.519 bits per heavy atom.